The van der Waals surface area contributed by atoms with Crippen molar-refractivity contribution < 1.29 is 14.2 Å². The molecule has 0 saturated carbocycles. The van der Waals surface area contributed by atoms with Crippen molar-refractivity contribution in [1.82, 2.24) is 4.90 Å². The summed E-state index contributed by atoms with van der Waals surface area (Å²) in [5.41, 5.74) is 6.44. The van der Waals surface area contributed by atoms with Crippen LogP contribution < -0.4 is 10.5 Å². The lowest BCUT2D eigenvalue weighted by molar-refractivity contribution is -0.00461. The van der Waals surface area contributed by atoms with E-state index < -0.39 is 0 Å². The zero-order valence-corrected chi connectivity index (χ0v) is 12.2. The molecule has 1 aliphatic heterocycles. The molecule has 1 fully saturated rings. The lowest BCUT2D eigenvalue weighted by Gasteiger charge is -2.15. The molecule has 5 nitrogen and oxygen atoms in total. The van der Waals surface area contributed by atoms with E-state index in [0.29, 0.717) is 6.61 Å². The lowest BCUT2D eigenvalue weighted by Crippen LogP contribution is -2.27. The Morgan fingerprint density at radius 2 is 1.90 bits per heavy atom. The van der Waals surface area contributed by atoms with Gasteiger partial charge in [-0.3, -0.25) is 4.90 Å². The van der Waals surface area contributed by atoms with Gasteiger partial charge in [-0.15, -0.1) is 0 Å². The Balaban J connectivity index is 1.67. The molecule has 20 heavy (non-hydrogen) atoms. The van der Waals surface area contributed by atoms with E-state index in [0.717, 1.165) is 37.5 Å². The van der Waals surface area contributed by atoms with E-state index in [-0.39, 0.29) is 12.2 Å². The fraction of sp³-hybridized carbons (Fsp3) is 0.600. The number of rotatable bonds is 7. The second-order valence-electron chi connectivity index (χ2n) is 5.08. The number of ether oxygens (including phenoxy) is 3. The Kier molecular flexibility index (Phi) is 5.64. The lowest BCUT2D eigenvalue weighted by atomic mass is 10.3. The summed E-state index contributed by atoms with van der Waals surface area (Å²) in [5.74, 6) is 0.830. The summed E-state index contributed by atoms with van der Waals surface area (Å²) in [4.78, 5) is 2.35. The van der Waals surface area contributed by atoms with Crippen LogP contribution in [0.15, 0.2) is 24.3 Å². The molecule has 0 aliphatic carbocycles. The number of nitrogen functional groups attached to an aromatic ring is 1. The quantitative estimate of drug-likeness (QED) is 0.604. The molecule has 1 aliphatic rings. The first-order valence-electron chi connectivity index (χ1n) is 6.99. The average molecular weight is 280 g/mol. The molecule has 2 atom stereocenters. The van der Waals surface area contributed by atoms with Crippen molar-refractivity contribution in [2.45, 2.75) is 18.6 Å². The summed E-state index contributed by atoms with van der Waals surface area (Å²) in [6.45, 7) is 3.53. The van der Waals surface area contributed by atoms with Gasteiger partial charge in [0.25, 0.3) is 0 Å². The smallest absolute Gasteiger partial charge is 0.121 e. The summed E-state index contributed by atoms with van der Waals surface area (Å²) in [7, 11) is 3.48. The minimum atomic E-state index is 0.176. The number of likely N-dealkylation sites (tertiary alicyclic amines) is 1. The van der Waals surface area contributed by atoms with Crippen molar-refractivity contribution in [3.8, 4) is 5.75 Å². The number of methoxy groups -OCH3 is 2. The van der Waals surface area contributed by atoms with Crippen molar-refractivity contribution in [2.75, 3.05) is 46.2 Å². The molecule has 1 saturated heterocycles. The monoisotopic (exact) mass is 280 g/mol. The number of nitrogens with zero attached hydrogens (tertiary/aromatic N) is 1. The number of hydrogen-bond donors (Lipinski definition) is 1. The normalized spacial score (nSPS) is 23.1. The second-order valence-corrected chi connectivity index (χ2v) is 5.08. The maximum Gasteiger partial charge on any atom is 0.121 e. The molecule has 1 heterocycles. The van der Waals surface area contributed by atoms with E-state index in [4.69, 9.17) is 19.9 Å². The van der Waals surface area contributed by atoms with E-state index in [1.165, 1.54) is 0 Å². The first-order chi connectivity index (χ1) is 9.72. The minimum absolute atomic E-state index is 0.176. The molecule has 1 aromatic rings. The molecule has 0 amide bonds. The van der Waals surface area contributed by atoms with E-state index in [1.807, 2.05) is 24.3 Å². The van der Waals surface area contributed by atoms with Crippen molar-refractivity contribution in [2.24, 2.45) is 0 Å². The van der Waals surface area contributed by atoms with Crippen LogP contribution in [0.25, 0.3) is 0 Å². The SMILES string of the molecule is COC1CN(CCCOc2cccc(N)c2)CC1OC. The van der Waals surface area contributed by atoms with Crippen LogP contribution in [0.4, 0.5) is 5.69 Å². The molecule has 0 aromatic heterocycles. The van der Waals surface area contributed by atoms with Crippen molar-refractivity contribution in [1.29, 1.82) is 0 Å². The van der Waals surface area contributed by atoms with Gasteiger partial charge in [0.1, 0.15) is 5.75 Å². The van der Waals surface area contributed by atoms with Crippen LogP contribution in [0.5, 0.6) is 5.75 Å². The standard InChI is InChI=1S/C15H24N2O3/c1-18-14-10-17(11-15(14)19-2)7-4-8-20-13-6-3-5-12(16)9-13/h3,5-6,9,14-15H,4,7-8,10-11,16H2,1-2H3. The van der Waals surface area contributed by atoms with Gasteiger partial charge in [0.2, 0.25) is 0 Å². The zero-order chi connectivity index (χ0) is 14.4. The first kappa shape index (κ1) is 15.1. The van der Waals surface area contributed by atoms with Crippen LogP contribution in [0.3, 0.4) is 0 Å². The van der Waals surface area contributed by atoms with E-state index in [9.17, 15) is 0 Å². The Labute approximate surface area is 120 Å². The molecule has 2 rings (SSSR count). The van der Waals surface area contributed by atoms with Crippen LogP contribution in [-0.4, -0.2) is 57.6 Å². The van der Waals surface area contributed by atoms with Gasteiger partial charge in [-0.1, -0.05) is 6.07 Å². The fourth-order valence-corrected chi connectivity index (χ4v) is 2.54. The van der Waals surface area contributed by atoms with Crippen molar-refractivity contribution in [3.63, 3.8) is 0 Å². The number of anilines is 1. The highest BCUT2D eigenvalue weighted by Crippen LogP contribution is 2.17. The largest absolute Gasteiger partial charge is 0.493 e. The van der Waals surface area contributed by atoms with Gasteiger partial charge in [-0.2, -0.15) is 0 Å². The van der Waals surface area contributed by atoms with E-state index >= 15 is 0 Å². The summed E-state index contributed by atoms with van der Waals surface area (Å²) in [6, 6.07) is 7.52. The molecule has 0 spiro atoms. The highest BCUT2D eigenvalue weighted by Gasteiger charge is 2.32. The first-order valence-corrected chi connectivity index (χ1v) is 6.99. The third kappa shape index (κ3) is 4.10. The third-order valence-corrected chi connectivity index (χ3v) is 3.64. The average Bonchev–Trinajstić information content (AvgIpc) is 2.86. The molecule has 0 radical (unpaired) electrons. The second kappa shape index (κ2) is 7.47. The predicted molar refractivity (Wildman–Crippen MR) is 79.0 cm³/mol. The molecular formula is C15H24N2O3. The Morgan fingerprint density at radius 3 is 2.50 bits per heavy atom. The highest BCUT2D eigenvalue weighted by molar-refractivity contribution is 5.43. The van der Waals surface area contributed by atoms with Gasteiger partial charge in [-0.25, -0.2) is 0 Å². The van der Waals surface area contributed by atoms with Gasteiger partial charge >= 0.3 is 0 Å². The summed E-state index contributed by atoms with van der Waals surface area (Å²) in [6.07, 6.45) is 1.33. The number of benzene rings is 1. The van der Waals surface area contributed by atoms with Crippen LogP contribution in [0, 0.1) is 0 Å². The molecule has 5 heteroatoms. The summed E-state index contributed by atoms with van der Waals surface area (Å²) < 4.78 is 16.5. The van der Waals surface area contributed by atoms with Crippen LogP contribution >= 0.6 is 0 Å². The van der Waals surface area contributed by atoms with Crippen molar-refractivity contribution >= 4 is 5.69 Å². The Bertz CT molecular complexity index is 402. The summed E-state index contributed by atoms with van der Waals surface area (Å²) >= 11 is 0. The Morgan fingerprint density at radius 1 is 1.20 bits per heavy atom. The predicted octanol–water partition coefficient (Wildman–Crippen LogP) is 1.38. The topological polar surface area (TPSA) is 57.0 Å². The maximum absolute atomic E-state index is 5.71. The van der Waals surface area contributed by atoms with Gasteiger partial charge < -0.3 is 19.9 Å². The zero-order valence-electron chi connectivity index (χ0n) is 12.2. The maximum atomic E-state index is 5.71. The molecule has 2 unspecified atom stereocenters. The van der Waals surface area contributed by atoms with Gasteiger partial charge in [0.05, 0.1) is 18.8 Å². The molecule has 112 valence electrons. The molecular weight excluding hydrogens is 256 g/mol. The van der Waals surface area contributed by atoms with Gasteiger partial charge in [0, 0.05) is 45.6 Å². The van der Waals surface area contributed by atoms with Crippen LogP contribution in [0.1, 0.15) is 6.42 Å². The number of hydrogen-bond acceptors (Lipinski definition) is 5. The highest BCUT2D eigenvalue weighted by atomic mass is 16.5. The number of nitrogens with two attached hydrogens (primary N) is 1. The van der Waals surface area contributed by atoms with Crippen LogP contribution in [0.2, 0.25) is 0 Å². The van der Waals surface area contributed by atoms with Crippen molar-refractivity contribution in [3.05, 3.63) is 24.3 Å². The summed E-state index contributed by atoms with van der Waals surface area (Å²) in [5, 5.41) is 0. The van der Waals surface area contributed by atoms with E-state index in [2.05, 4.69) is 4.90 Å². The Hall–Kier alpha value is -1.30. The minimum Gasteiger partial charge on any atom is -0.493 e. The third-order valence-electron chi connectivity index (χ3n) is 3.64. The molecule has 1 aromatic carbocycles. The van der Waals surface area contributed by atoms with E-state index in [1.54, 1.807) is 14.2 Å². The molecule has 2 N–H and O–H groups in total. The molecule has 0 bridgehead atoms. The van der Waals surface area contributed by atoms with Crippen LogP contribution in [-0.2, 0) is 9.47 Å². The van der Waals surface area contributed by atoms with Gasteiger partial charge in [-0.05, 0) is 18.6 Å². The van der Waals surface area contributed by atoms with Gasteiger partial charge in [0.15, 0.2) is 0 Å². The fourth-order valence-electron chi connectivity index (χ4n) is 2.54.